The Balaban J connectivity index is 2.40. The molecular weight excluding hydrogens is 694 g/mol. The number of halogens is 1. The lowest BCUT2D eigenvalue weighted by Crippen LogP contribution is -2.54. The third-order valence-electron chi connectivity index (χ3n) is 10.9. The molecule has 1 aliphatic rings. The van der Waals surface area contributed by atoms with Gasteiger partial charge in [0.15, 0.2) is 42.0 Å². The average Bonchev–Trinajstić information content (AvgIpc) is 3.41. The Kier molecular flexibility index (Phi) is 11.9. The fourth-order valence-corrected chi connectivity index (χ4v) is 8.50. The minimum atomic E-state index is -2.46. The second kappa shape index (κ2) is 13.9. The number of hydroxylamine groups is 1. The van der Waals surface area contributed by atoms with Gasteiger partial charge in [0.1, 0.15) is 30.2 Å². The van der Waals surface area contributed by atoms with Gasteiger partial charge in [-0.25, -0.2) is 15.0 Å². The van der Waals surface area contributed by atoms with Crippen molar-refractivity contribution in [2.45, 2.75) is 174 Å². The van der Waals surface area contributed by atoms with Crippen molar-refractivity contribution >= 4 is 59.6 Å². The van der Waals surface area contributed by atoms with Crippen LogP contribution in [0, 0.1) is 0 Å². The molecule has 49 heavy (non-hydrogen) atoms. The maximum atomic E-state index is 12.5. The van der Waals surface area contributed by atoms with E-state index in [1.807, 2.05) is 25.3 Å². The maximum Gasteiger partial charge on any atom is 0.329 e. The van der Waals surface area contributed by atoms with Gasteiger partial charge >= 0.3 is 5.97 Å². The summed E-state index contributed by atoms with van der Waals surface area (Å²) in [6.45, 7) is 41.0. The zero-order valence-electron chi connectivity index (χ0n) is 33.7. The quantitative estimate of drug-likeness (QED) is 0.132. The number of hydrogen-bond donors (Lipinski definition) is 0. The van der Waals surface area contributed by atoms with Crippen LogP contribution in [-0.2, 0) is 27.6 Å². The second-order valence-electron chi connectivity index (χ2n) is 19.0. The summed E-state index contributed by atoms with van der Waals surface area (Å²) in [5, 5.41) is 1.46. The Morgan fingerprint density at radius 1 is 0.837 bits per heavy atom. The zero-order valence-corrected chi connectivity index (χ0v) is 37.4. The maximum absolute atomic E-state index is 12.5. The molecule has 0 amide bonds. The lowest BCUT2D eigenvalue weighted by molar-refractivity contribution is -0.145. The van der Waals surface area contributed by atoms with E-state index in [1.54, 1.807) is 0 Å². The number of rotatable bonds is 10. The molecule has 15 heteroatoms. The summed E-state index contributed by atoms with van der Waals surface area (Å²) in [5.74, 6) is -0.196. The van der Waals surface area contributed by atoms with Gasteiger partial charge in [0.25, 0.3) is 0 Å². The molecule has 11 nitrogen and oxygen atoms in total. The van der Waals surface area contributed by atoms with Crippen LogP contribution in [0.2, 0.25) is 59.5 Å². The van der Waals surface area contributed by atoms with Crippen LogP contribution in [0.15, 0.2) is 6.33 Å². The highest BCUT2D eigenvalue weighted by molar-refractivity contribution is 6.75. The minimum Gasteiger partial charge on any atom is -0.414 e. The van der Waals surface area contributed by atoms with Gasteiger partial charge < -0.3 is 22.9 Å². The molecule has 4 atom stereocenters. The number of anilines is 1. The predicted octanol–water partition coefficient (Wildman–Crippen LogP) is 9.26. The number of nitrogens with zero attached hydrogens (tertiary/aromatic N) is 5. The first kappa shape index (κ1) is 42.0. The molecule has 280 valence electrons. The van der Waals surface area contributed by atoms with E-state index in [-0.39, 0.29) is 20.3 Å². The third kappa shape index (κ3) is 8.98. The van der Waals surface area contributed by atoms with Crippen LogP contribution >= 0.6 is 11.6 Å². The van der Waals surface area contributed by atoms with E-state index in [2.05, 4.69) is 112 Å². The highest BCUT2D eigenvalue weighted by Crippen LogP contribution is 2.48. The summed E-state index contributed by atoms with van der Waals surface area (Å²) >= 11 is 6.66. The van der Waals surface area contributed by atoms with E-state index >= 15 is 0 Å². The van der Waals surface area contributed by atoms with E-state index in [9.17, 15) is 4.79 Å². The van der Waals surface area contributed by atoms with E-state index in [1.165, 1.54) is 18.3 Å². The first-order chi connectivity index (χ1) is 21.8. The minimum absolute atomic E-state index is 0.00351. The van der Waals surface area contributed by atoms with Gasteiger partial charge in [0.2, 0.25) is 5.95 Å². The Morgan fingerprint density at radius 3 is 1.78 bits per heavy atom. The van der Waals surface area contributed by atoms with Crippen molar-refractivity contribution in [3.8, 4) is 0 Å². The van der Waals surface area contributed by atoms with Crippen LogP contribution in [0.3, 0.4) is 0 Å². The molecular formula is C34H64ClN5O6Si3. The summed E-state index contributed by atoms with van der Waals surface area (Å²) in [6, 6.07) is 0. The van der Waals surface area contributed by atoms with Crippen LogP contribution in [0.1, 0.15) is 96.2 Å². The van der Waals surface area contributed by atoms with Gasteiger partial charge in [-0.1, -0.05) is 73.9 Å². The normalized spacial score (nSPS) is 21.8. The molecule has 0 N–H and O–H groups in total. The van der Waals surface area contributed by atoms with Crippen molar-refractivity contribution in [1.29, 1.82) is 0 Å². The molecule has 1 saturated heterocycles. The Labute approximate surface area is 303 Å². The summed E-state index contributed by atoms with van der Waals surface area (Å²) in [5.41, 5.74) is 0.0846. The summed E-state index contributed by atoms with van der Waals surface area (Å²) < 4.78 is 30.6. The van der Waals surface area contributed by atoms with Gasteiger partial charge in [-0.2, -0.15) is 5.06 Å². The Morgan fingerprint density at radius 2 is 1.33 bits per heavy atom. The molecule has 0 saturated carbocycles. The Hall–Kier alpha value is -1.40. The van der Waals surface area contributed by atoms with Crippen LogP contribution in [-0.4, -0.2) is 80.9 Å². The van der Waals surface area contributed by atoms with Crippen LogP contribution in [0.4, 0.5) is 5.95 Å². The molecule has 0 bridgehead atoms. The number of imidazole rings is 1. The van der Waals surface area contributed by atoms with Gasteiger partial charge in [0, 0.05) is 6.92 Å². The first-order valence-electron chi connectivity index (χ1n) is 17.3. The third-order valence-corrected chi connectivity index (χ3v) is 24.6. The molecule has 0 aliphatic carbocycles. The predicted molar refractivity (Wildman–Crippen MR) is 206 cm³/mol. The van der Waals surface area contributed by atoms with Crippen molar-refractivity contribution in [2.75, 3.05) is 11.7 Å². The Bertz CT molecular complexity index is 1490. The smallest absolute Gasteiger partial charge is 0.329 e. The summed E-state index contributed by atoms with van der Waals surface area (Å²) in [7, 11) is -7.04. The van der Waals surface area contributed by atoms with E-state index in [0.717, 1.165) is 0 Å². The van der Waals surface area contributed by atoms with E-state index in [4.69, 9.17) is 39.4 Å². The summed E-state index contributed by atoms with van der Waals surface area (Å²) in [6.07, 6.45) is -0.942. The van der Waals surface area contributed by atoms with Gasteiger partial charge in [-0.15, -0.1) is 0 Å². The number of ether oxygens (including phenoxy) is 1. The molecule has 0 unspecified atom stereocenters. The SMILES string of the molecule is CC(=O)ON(c1nc2c(Cl)ncnc2n1[C@@H]1O[C@H](CO[Si](C)(C)C(C)(C)C)[C@@H](O[Si](C)(C)C(C)(C)C)[C@H]1O[Si](C)(C)C(C)(C)C)C(C)(C)C. The highest BCUT2D eigenvalue weighted by Gasteiger charge is 2.56. The van der Waals surface area contributed by atoms with Gasteiger partial charge in [-0.3, -0.25) is 9.36 Å². The van der Waals surface area contributed by atoms with Crippen molar-refractivity contribution in [2.24, 2.45) is 0 Å². The van der Waals surface area contributed by atoms with Crippen LogP contribution < -0.4 is 5.06 Å². The zero-order chi connectivity index (χ0) is 37.9. The topological polar surface area (TPSA) is 110 Å². The lowest BCUT2D eigenvalue weighted by Gasteiger charge is -2.44. The molecule has 0 spiro atoms. The van der Waals surface area contributed by atoms with E-state index in [0.29, 0.717) is 23.7 Å². The molecule has 3 heterocycles. The lowest BCUT2D eigenvalue weighted by atomic mass is 10.1. The van der Waals surface area contributed by atoms with Crippen molar-refractivity contribution in [3.05, 3.63) is 11.5 Å². The first-order valence-corrected chi connectivity index (χ1v) is 26.4. The highest BCUT2D eigenvalue weighted by atomic mass is 35.5. The molecule has 1 fully saturated rings. The average molecular weight is 759 g/mol. The van der Waals surface area contributed by atoms with Crippen molar-refractivity contribution < 1.29 is 27.6 Å². The van der Waals surface area contributed by atoms with E-state index < -0.39 is 61.0 Å². The van der Waals surface area contributed by atoms with Crippen LogP contribution in [0.5, 0.6) is 0 Å². The molecule has 2 aromatic rings. The fraction of sp³-hybridized carbons (Fsp3) is 0.824. The number of aromatic nitrogens is 4. The van der Waals surface area contributed by atoms with Gasteiger partial charge in [0.05, 0.1) is 12.1 Å². The molecule has 1 aliphatic heterocycles. The van der Waals surface area contributed by atoms with Crippen molar-refractivity contribution in [1.82, 2.24) is 19.5 Å². The van der Waals surface area contributed by atoms with Crippen LogP contribution in [0.25, 0.3) is 11.2 Å². The fourth-order valence-electron chi connectivity index (χ4n) is 4.71. The molecule has 3 rings (SSSR count). The number of carbonyl (C=O) groups is 1. The van der Waals surface area contributed by atoms with Gasteiger partial charge in [-0.05, 0) is 75.2 Å². The largest absolute Gasteiger partial charge is 0.414 e. The summed E-state index contributed by atoms with van der Waals surface area (Å²) in [4.78, 5) is 32.2. The standard InChI is InChI=1S/C34H64ClN5O6Si3/c1-22(41)44-40(31(2,3)4)30-38-24-27(35)36-21-37-28(24)39(30)29-26(46-49(18,19)34(11,12)13)25(45-48(16,17)33(8,9)10)23(43-29)20-42-47(14,15)32(5,6)7/h21,23,25-26,29H,20H2,1-19H3/t23-,25-,26-,29-/m1/s1. The number of fused-ring (bicyclic) bond motifs is 1. The monoisotopic (exact) mass is 757 g/mol. The molecule has 0 radical (unpaired) electrons. The van der Waals surface area contributed by atoms with Crippen molar-refractivity contribution in [3.63, 3.8) is 0 Å². The number of carbonyl (C=O) groups excluding carboxylic acids is 1. The number of hydrogen-bond acceptors (Lipinski definition) is 10. The molecule has 2 aromatic heterocycles. The molecule has 0 aromatic carbocycles. The second-order valence-corrected chi connectivity index (χ2v) is 33.7.